The lowest BCUT2D eigenvalue weighted by Crippen LogP contribution is -2.44. The van der Waals surface area contributed by atoms with Crippen molar-refractivity contribution in [2.45, 2.75) is 51.4 Å². The molecule has 4 aromatic heterocycles. The first-order chi connectivity index (χ1) is 21.6. The second-order valence-corrected chi connectivity index (χ2v) is 13.9. The van der Waals surface area contributed by atoms with E-state index in [1.54, 1.807) is 18.2 Å². The van der Waals surface area contributed by atoms with E-state index >= 15 is 0 Å². The normalized spacial score (nSPS) is 17.0. The molecule has 0 radical (unpaired) electrons. The highest BCUT2D eigenvalue weighted by Gasteiger charge is 2.42. The summed E-state index contributed by atoms with van der Waals surface area (Å²) in [5, 5.41) is 3.72. The summed E-state index contributed by atoms with van der Waals surface area (Å²) < 4.78 is 24.1. The molecule has 7 nitrogen and oxygen atoms in total. The first-order valence-corrected chi connectivity index (χ1v) is 15.5. The van der Waals surface area contributed by atoms with E-state index in [9.17, 15) is 9.59 Å². The number of rotatable bonds is 2. The van der Waals surface area contributed by atoms with Gasteiger partial charge in [0.25, 0.3) is 0 Å². The first kappa shape index (κ1) is 26.4. The molecule has 0 bridgehead atoms. The van der Waals surface area contributed by atoms with Crippen LogP contribution in [0.3, 0.4) is 0 Å². The smallest absolute Gasteiger partial charge is 0.347 e. The van der Waals surface area contributed by atoms with Crippen molar-refractivity contribution in [1.29, 1.82) is 0 Å². The van der Waals surface area contributed by atoms with Crippen LogP contribution in [0.5, 0.6) is 0 Å². The van der Waals surface area contributed by atoms with Crippen molar-refractivity contribution in [2.24, 2.45) is 0 Å². The molecule has 0 atom stereocenters. The zero-order valence-electron chi connectivity index (χ0n) is 25.6. The minimum absolute atomic E-state index is 0.00193. The van der Waals surface area contributed by atoms with Gasteiger partial charge >= 0.3 is 11.3 Å². The van der Waals surface area contributed by atoms with E-state index in [-0.39, 0.29) is 10.8 Å². The first-order valence-electron chi connectivity index (χ1n) is 15.5. The molecule has 0 unspecified atom stereocenters. The van der Waals surface area contributed by atoms with Crippen LogP contribution in [0.1, 0.15) is 51.7 Å². The molecule has 0 saturated carbocycles. The molecule has 45 heavy (non-hydrogen) atoms. The van der Waals surface area contributed by atoms with Crippen LogP contribution in [-0.4, -0.2) is 13.1 Å². The number of anilines is 1. The Kier molecular flexibility index (Phi) is 5.15. The highest BCUT2D eigenvalue weighted by atomic mass is 16.4. The quantitative estimate of drug-likeness (QED) is 0.145. The molecule has 0 fully saturated rings. The molecule has 6 heterocycles. The van der Waals surface area contributed by atoms with E-state index in [1.807, 2.05) is 42.5 Å². The third-order valence-electron chi connectivity index (χ3n) is 10.1. The number of nitrogens with zero attached hydrogens (tertiary/aromatic N) is 1. The van der Waals surface area contributed by atoms with E-state index in [0.717, 1.165) is 53.0 Å². The molecule has 0 amide bonds. The maximum absolute atomic E-state index is 13.5. The number of benzene rings is 3. The lowest BCUT2D eigenvalue weighted by atomic mass is 9.69. The van der Waals surface area contributed by atoms with Gasteiger partial charge in [0.05, 0.1) is 0 Å². The maximum Gasteiger partial charge on any atom is 0.347 e. The maximum atomic E-state index is 13.5. The standard InChI is InChI=1S/C38H31NO6/c1-37(2)9-11-39-12-10-38(3,4)32-33(39)26(37)16-23-15-25(36(41)45-34(23)32)29-19-31-30(43-29)18-28(42-31)24-14-22-13-20-7-5-6-8-21(20)17-27(22)44-35(24)40/h5-8,13-19H,9-12H2,1-4H3. The minimum atomic E-state index is -0.499. The van der Waals surface area contributed by atoms with E-state index in [2.05, 4.69) is 38.7 Å². The van der Waals surface area contributed by atoms with E-state index in [4.69, 9.17) is 17.7 Å². The summed E-state index contributed by atoms with van der Waals surface area (Å²) in [6, 6.07) is 21.0. The topological polar surface area (TPSA) is 89.9 Å². The van der Waals surface area contributed by atoms with Gasteiger partial charge in [-0.25, -0.2) is 9.59 Å². The Bertz CT molecular complexity index is 2470. The summed E-state index contributed by atoms with van der Waals surface area (Å²) in [5.74, 6) is 0.693. The van der Waals surface area contributed by atoms with Crippen molar-refractivity contribution in [3.8, 4) is 22.6 Å². The van der Waals surface area contributed by atoms with Crippen molar-refractivity contribution in [1.82, 2.24) is 0 Å². The zero-order chi connectivity index (χ0) is 30.8. The molecule has 2 aliphatic heterocycles. The molecule has 224 valence electrons. The molecule has 3 aromatic carbocycles. The van der Waals surface area contributed by atoms with Gasteiger partial charge in [0.2, 0.25) is 0 Å². The predicted octanol–water partition coefficient (Wildman–Crippen LogP) is 8.89. The largest absolute Gasteiger partial charge is 0.452 e. The molecular formula is C38H31NO6. The lowest BCUT2D eigenvalue weighted by Gasteiger charge is -2.48. The average molecular weight is 598 g/mol. The van der Waals surface area contributed by atoms with Crippen LogP contribution in [0.15, 0.2) is 94.0 Å². The van der Waals surface area contributed by atoms with Crippen LogP contribution in [-0.2, 0) is 10.8 Å². The summed E-state index contributed by atoms with van der Waals surface area (Å²) in [4.78, 5) is 29.0. The Balaban J connectivity index is 1.16. The van der Waals surface area contributed by atoms with Crippen LogP contribution in [0, 0.1) is 0 Å². The molecule has 0 aliphatic carbocycles. The molecule has 0 spiro atoms. The Morgan fingerprint density at radius 2 is 1.20 bits per heavy atom. The van der Waals surface area contributed by atoms with Gasteiger partial charge in [-0.3, -0.25) is 0 Å². The molecule has 0 N–H and O–H groups in total. The predicted molar refractivity (Wildman–Crippen MR) is 176 cm³/mol. The fraction of sp³-hybridized carbons (Fsp3) is 0.263. The lowest BCUT2D eigenvalue weighted by molar-refractivity contribution is 0.398. The van der Waals surface area contributed by atoms with Crippen molar-refractivity contribution in [3.05, 3.63) is 98.7 Å². The zero-order valence-corrected chi connectivity index (χ0v) is 25.6. The number of hydrogen-bond donors (Lipinski definition) is 0. The summed E-state index contributed by atoms with van der Waals surface area (Å²) in [6.07, 6.45) is 2.06. The summed E-state index contributed by atoms with van der Waals surface area (Å²) in [5.41, 5.74) is 5.22. The van der Waals surface area contributed by atoms with Crippen LogP contribution in [0.25, 0.3) is 66.5 Å². The molecule has 2 aliphatic rings. The fourth-order valence-electron chi connectivity index (χ4n) is 7.40. The Morgan fingerprint density at radius 1 is 0.600 bits per heavy atom. The van der Waals surface area contributed by atoms with Gasteiger partial charge in [-0.1, -0.05) is 52.0 Å². The van der Waals surface area contributed by atoms with Gasteiger partial charge < -0.3 is 22.6 Å². The highest BCUT2D eigenvalue weighted by Crippen LogP contribution is 2.52. The van der Waals surface area contributed by atoms with Gasteiger partial charge in [-0.2, -0.15) is 0 Å². The molecular weight excluding hydrogens is 566 g/mol. The molecule has 9 rings (SSSR count). The molecule has 7 aromatic rings. The minimum Gasteiger partial charge on any atom is -0.452 e. The van der Waals surface area contributed by atoms with Gasteiger partial charge in [-0.15, -0.1) is 0 Å². The third kappa shape index (κ3) is 3.82. The van der Waals surface area contributed by atoms with E-state index in [1.165, 1.54) is 11.3 Å². The van der Waals surface area contributed by atoms with Crippen molar-refractivity contribution < 1.29 is 17.7 Å². The fourth-order valence-corrected chi connectivity index (χ4v) is 7.40. The van der Waals surface area contributed by atoms with Crippen molar-refractivity contribution in [2.75, 3.05) is 18.0 Å². The Morgan fingerprint density at radius 3 is 1.89 bits per heavy atom. The SMILES string of the molecule is CC1(C)CCN2CCC(C)(C)c3c2c1cc1cc(-c2cc4oc(-c5cc6cc7ccccc7cc6oc5=O)cc4o2)c(=O)oc31. The van der Waals surface area contributed by atoms with Gasteiger partial charge in [0, 0.05) is 47.2 Å². The second-order valence-electron chi connectivity index (χ2n) is 13.9. The highest BCUT2D eigenvalue weighted by molar-refractivity contribution is 5.97. The second kappa shape index (κ2) is 8.78. The number of furan rings is 2. The third-order valence-corrected chi connectivity index (χ3v) is 10.1. The number of hydrogen-bond acceptors (Lipinski definition) is 7. The van der Waals surface area contributed by atoms with Gasteiger partial charge in [-0.05, 0) is 70.3 Å². The molecule has 0 saturated heterocycles. The average Bonchev–Trinajstić information content (AvgIpc) is 3.58. The van der Waals surface area contributed by atoms with Crippen LogP contribution >= 0.6 is 0 Å². The van der Waals surface area contributed by atoms with E-state index < -0.39 is 11.3 Å². The van der Waals surface area contributed by atoms with Crippen LogP contribution < -0.4 is 16.2 Å². The van der Waals surface area contributed by atoms with Crippen LogP contribution in [0.4, 0.5) is 5.69 Å². The van der Waals surface area contributed by atoms with E-state index in [0.29, 0.717) is 45.0 Å². The van der Waals surface area contributed by atoms with Crippen LogP contribution in [0.2, 0.25) is 0 Å². The van der Waals surface area contributed by atoms with Crippen molar-refractivity contribution in [3.63, 3.8) is 0 Å². The van der Waals surface area contributed by atoms with Gasteiger partial charge in [0.15, 0.2) is 11.2 Å². The monoisotopic (exact) mass is 597 g/mol. The summed E-state index contributed by atoms with van der Waals surface area (Å²) >= 11 is 0. The summed E-state index contributed by atoms with van der Waals surface area (Å²) in [7, 11) is 0. The molecule has 7 heteroatoms. The summed E-state index contributed by atoms with van der Waals surface area (Å²) in [6.45, 7) is 11.1. The Labute approximate surface area is 257 Å². The van der Waals surface area contributed by atoms with Gasteiger partial charge in [0.1, 0.15) is 33.8 Å². The number of fused-ring (bicyclic) bond motifs is 5. The Hall–Kier alpha value is -5.04. The van der Waals surface area contributed by atoms with Crippen molar-refractivity contribution >= 4 is 49.6 Å².